The molecule has 0 fully saturated rings. The zero-order valence-corrected chi connectivity index (χ0v) is 29.7. The molecule has 0 N–H and O–H groups in total. The standard InChI is InChI=1S/C52H36N2/c1-4-14-37(15-5-1)42-20-12-23-46(35-42)53(45-30-28-39(29-31-45)43-27-26-38-16-10-11-19-41(38)34-43)47-32-33-49-51(36-47)54(44-21-8-3-9-22-44)50-25-13-24-48(52(49)50)40-17-6-2-7-18-40/h1-36H. The van der Waals surface area contributed by atoms with Crippen molar-refractivity contribution >= 4 is 49.6 Å². The zero-order chi connectivity index (χ0) is 35.8. The number of rotatable bonds is 7. The number of aromatic nitrogens is 1. The van der Waals surface area contributed by atoms with Gasteiger partial charge in [-0.3, -0.25) is 0 Å². The van der Waals surface area contributed by atoms with Gasteiger partial charge in [-0.05, 0) is 105 Å². The van der Waals surface area contributed by atoms with Gasteiger partial charge in [-0.1, -0.05) is 158 Å². The highest BCUT2D eigenvalue weighted by atomic mass is 15.1. The average molecular weight is 689 g/mol. The minimum atomic E-state index is 1.09. The third kappa shape index (κ3) is 5.62. The molecule has 0 saturated carbocycles. The number of fused-ring (bicyclic) bond motifs is 4. The van der Waals surface area contributed by atoms with Gasteiger partial charge in [0.2, 0.25) is 0 Å². The Hall–Kier alpha value is -7.16. The maximum absolute atomic E-state index is 2.42. The molecule has 54 heavy (non-hydrogen) atoms. The maximum atomic E-state index is 2.42. The van der Waals surface area contributed by atoms with Crippen molar-refractivity contribution in [2.24, 2.45) is 0 Å². The van der Waals surface area contributed by atoms with E-state index in [-0.39, 0.29) is 0 Å². The Bertz CT molecular complexity index is 2910. The quantitative estimate of drug-likeness (QED) is 0.162. The number of nitrogens with zero attached hydrogens (tertiary/aromatic N) is 2. The molecule has 2 heteroatoms. The summed E-state index contributed by atoms with van der Waals surface area (Å²) in [6.07, 6.45) is 0. The molecule has 254 valence electrons. The van der Waals surface area contributed by atoms with Crippen molar-refractivity contribution in [1.29, 1.82) is 0 Å². The summed E-state index contributed by atoms with van der Waals surface area (Å²) in [5, 5.41) is 4.98. The molecule has 2 nitrogen and oxygen atoms in total. The summed E-state index contributed by atoms with van der Waals surface area (Å²) in [6, 6.07) is 78.9. The van der Waals surface area contributed by atoms with Gasteiger partial charge in [0.1, 0.15) is 0 Å². The van der Waals surface area contributed by atoms with E-state index in [9.17, 15) is 0 Å². The van der Waals surface area contributed by atoms with Crippen LogP contribution in [0.15, 0.2) is 218 Å². The van der Waals surface area contributed by atoms with Crippen molar-refractivity contribution in [3.8, 4) is 39.1 Å². The molecule has 0 radical (unpaired) electrons. The summed E-state index contributed by atoms with van der Waals surface area (Å²) < 4.78 is 2.42. The van der Waals surface area contributed by atoms with Crippen LogP contribution in [0.3, 0.4) is 0 Å². The maximum Gasteiger partial charge on any atom is 0.0562 e. The molecular formula is C52H36N2. The highest BCUT2D eigenvalue weighted by Crippen LogP contribution is 2.43. The van der Waals surface area contributed by atoms with E-state index in [0.29, 0.717) is 0 Å². The second kappa shape index (κ2) is 13.4. The summed E-state index contributed by atoms with van der Waals surface area (Å²) in [7, 11) is 0. The molecule has 0 saturated heterocycles. The summed E-state index contributed by atoms with van der Waals surface area (Å²) in [6.45, 7) is 0. The lowest BCUT2D eigenvalue weighted by molar-refractivity contribution is 1.18. The van der Waals surface area contributed by atoms with E-state index >= 15 is 0 Å². The van der Waals surface area contributed by atoms with E-state index in [4.69, 9.17) is 0 Å². The van der Waals surface area contributed by atoms with E-state index < -0.39 is 0 Å². The molecule has 0 aliphatic carbocycles. The van der Waals surface area contributed by atoms with Crippen LogP contribution in [0.4, 0.5) is 17.1 Å². The molecule has 9 aromatic carbocycles. The zero-order valence-electron chi connectivity index (χ0n) is 29.7. The van der Waals surface area contributed by atoms with Crippen LogP contribution in [0.25, 0.3) is 71.6 Å². The normalized spacial score (nSPS) is 11.3. The van der Waals surface area contributed by atoms with Crippen molar-refractivity contribution < 1.29 is 0 Å². The molecule has 0 aliphatic rings. The van der Waals surface area contributed by atoms with Crippen molar-refractivity contribution in [2.75, 3.05) is 4.90 Å². The molecule has 0 unspecified atom stereocenters. The predicted octanol–water partition coefficient (Wildman–Crippen LogP) is 14.4. The second-order valence-corrected chi connectivity index (χ2v) is 13.8. The number of anilines is 3. The Balaban J connectivity index is 1.18. The third-order valence-corrected chi connectivity index (χ3v) is 10.6. The predicted molar refractivity (Wildman–Crippen MR) is 229 cm³/mol. The number of para-hydroxylation sites is 1. The summed E-state index contributed by atoms with van der Waals surface area (Å²) in [5.41, 5.74) is 14.0. The van der Waals surface area contributed by atoms with Crippen LogP contribution < -0.4 is 4.90 Å². The first kappa shape index (κ1) is 31.6. The SMILES string of the molecule is c1ccc(-c2cccc(N(c3ccc(-c4ccc5ccccc5c4)cc3)c3ccc4c5c(-c6ccccc6)cccc5n(-c5ccccc5)c4c3)c2)cc1. The van der Waals surface area contributed by atoms with Crippen LogP contribution in [-0.4, -0.2) is 4.57 Å². The first-order valence-electron chi connectivity index (χ1n) is 18.5. The van der Waals surface area contributed by atoms with Gasteiger partial charge in [-0.2, -0.15) is 0 Å². The Kier molecular flexibility index (Phi) is 7.85. The number of hydrogen-bond acceptors (Lipinski definition) is 1. The fourth-order valence-electron chi connectivity index (χ4n) is 7.98. The first-order valence-corrected chi connectivity index (χ1v) is 18.5. The average Bonchev–Trinajstić information content (AvgIpc) is 3.59. The lowest BCUT2D eigenvalue weighted by atomic mass is 9.99. The Labute approximate surface area is 315 Å². The van der Waals surface area contributed by atoms with Gasteiger partial charge >= 0.3 is 0 Å². The summed E-state index contributed by atoms with van der Waals surface area (Å²) in [5.74, 6) is 0. The summed E-state index contributed by atoms with van der Waals surface area (Å²) in [4.78, 5) is 2.39. The minimum Gasteiger partial charge on any atom is -0.310 e. The van der Waals surface area contributed by atoms with Crippen LogP contribution in [0.2, 0.25) is 0 Å². The van der Waals surface area contributed by atoms with Gasteiger partial charge in [0.25, 0.3) is 0 Å². The fourth-order valence-corrected chi connectivity index (χ4v) is 7.98. The van der Waals surface area contributed by atoms with E-state index in [2.05, 4.69) is 228 Å². The van der Waals surface area contributed by atoms with Crippen LogP contribution in [0.5, 0.6) is 0 Å². The molecule has 10 aromatic rings. The molecule has 0 aliphatic heterocycles. The minimum absolute atomic E-state index is 1.09. The van der Waals surface area contributed by atoms with Gasteiger partial charge in [0, 0.05) is 33.5 Å². The van der Waals surface area contributed by atoms with Crippen LogP contribution in [-0.2, 0) is 0 Å². The van der Waals surface area contributed by atoms with Crippen LogP contribution in [0, 0.1) is 0 Å². The molecule has 10 rings (SSSR count). The molecule has 0 bridgehead atoms. The molecule has 0 amide bonds. The summed E-state index contributed by atoms with van der Waals surface area (Å²) >= 11 is 0. The lowest BCUT2D eigenvalue weighted by Crippen LogP contribution is -2.10. The molecule has 0 atom stereocenters. The van der Waals surface area contributed by atoms with E-state index in [0.717, 1.165) is 28.3 Å². The monoisotopic (exact) mass is 688 g/mol. The fraction of sp³-hybridized carbons (Fsp3) is 0. The first-order chi connectivity index (χ1) is 26.8. The Morgan fingerprint density at radius 1 is 0.315 bits per heavy atom. The second-order valence-electron chi connectivity index (χ2n) is 13.8. The van der Waals surface area contributed by atoms with Crippen molar-refractivity contribution in [2.45, 2.75) is 0 Å². The highest BCUT2D eigenvalue weighted by molar-refractivity contribution is 6.16. The highest BCUT2D eigenvalue weighted by Gasteiger charge is 2.20. The Morgan fingerprint density at radius 2 is 0.889 bits per heavy atom. The van der Waals surface area contributed by atoms with Gasteiger partial charge in [0.05, 0.1) is 11.0 Å². The number of benzene rings is 9. The third-order valence-electron chi connectivity index (χ3n) is 10.6. The van der Waals surface area contributed by atoms with E-state index in [1.54, 1.807) is 0 Å². The largest absolute Gasteiger partial charge is 0.310 e. The van der Waals surface area contributed by atoms with Crippen LogP contribution in [0.1, 0.15) is 0 Å². The molecule has 1 aromatic heterocycles. The van der Waals surface area contributed by atoms with Crippen molar-refractivity contribution in [3.05, 3.63) is 218 Å². The van der Waals surface area contributed by atoms with E-state index in [1.807, 2.05) is 0 Å². The van der Waals surface area contributed by atoms with Gasteiger partial charge in [-0.15, -0.1) is 0 Å². The molecule has 1 heterocycles. The van der Waals surface area contributed by atoms with Gasteiger partial charge < -0.3 is 9.47 Å². The van der Waals surface area contributed by atoms with Crippen molar-refractivity contribution in [3.63, 3.8) is 0 Å². The Morgan fingerprint density at radius 3 is 1.67 bits per heavy atom. The van der Waals surface area contributed by atoms with Crippen molar-refractivity contribution in [1.82, 2.24) is 4.57 Å². The van der Waals surface area contributed by atoms with Gasteiger partial charge in [0.15, 0.2) is 0 Å². The van der Waals surface area contributed by atoms with Gasteiger partial charge in [-0.25, -0.2) is 0 Å². The van der Waals surface area contributed by atoms with E-state index in [1.165, 1.54) is 60.4 Å². The molecular weight excluding hydrogens is 653 g/mol. The molecule has 0 spiro atoms. The van der Waals surface area contributed by atoms with Crippen LogP contribution >= 0.6 is 0 Å². The topological polar surface area (TPSA) is 8.17 Å². The smallest absolute Gasteiger partial charge is 0.0562 e. The number of hydrogen-bond donors (Lipinski definition) is 0. The lowest BCUT2D eigenvalue weighted by Gasteiger charge is -2.26.